The lowest BCUT2D eigenvalue weighted by atomic mass is 10.1. The predicted molar refractivity (Wildman–Crippen MR) is 97.2 cm³/mol. The minimum atomic E-state index is -4.82. The molecule has 1 unspecified atom stereocenters. The quantitative estimate of drug-likeness (QED) is 0.556. The van der Waals surface area contributed by atoms with E-state index in [2.05, 4.69) is 19.8 Å². The van der Waals surface area contributed by atoms with E-state index in [4.69, 9.17) is 10.8 Å². The number of rotatable bonds is 5. The largest absolute Gasteiger partial charge is 0.453 e. The third kappa shape index (κ3) is 4.02. The van der Waals surface area contributed by atoms with Gasteiger partial charge in [0.25, 0.3) is 5.82 Å². The van der Waals surface area contributed by atoms with Gasteiger partial charge in [-0.1, -0.05) is 6.07 Å². The molecule has 0 aliphatic carbocycles. The van der Waals surface area contributed by atoms with E-state index in [0.29, 0.717) is 11.1 Å². The lowest BCUT2D eigenvalue weighted by Crippen LogP contribution is -2.35. The van der Waals surface area contributed by atoms with E-state index in [1.165, 1.54) is 31.3 Å². The summed E-state index contributed by atoms with van der Waals surface area (Å²) < 4.78 is 67.4. The summed E-state index contributed by atoms with van der Waals surface area (Å²) in [6, 6.07) is 3.42. The van der Waals surface area contributed by atoms with E-state index in [1.807, 2.05) is 0 Å². The van der Waals surface area contributed by atoms with Gasteiger partial charge in [0.05, 0.1) is 23.4 Å². The molecular weight excluding hydrogens is 413 g/mol. The number of anilines is 1. The van der Waals surface area contributed by atoms with Crippen LogP contribution < -0.4 is 10.5 Å². The molecule has 1 aromatic carbocycles. The first-order chi connectivity index (χ1) is 13.4. The van der Waals surface area contributed by atoms with Gasteiger partial charge in [-0.25, -0.2) is 27.6 Å². The van der Waals surface area contributed by atoms with Gasteiger partial charge in [0.1, 0.15) is 0 Å². The molecule has 0 bridgehead atoms. The maximum absolute atomic E-state index is 13.1. The van der Waals surface area contributed by atoms with Crippen molar-refractivity contribution in [1.82, 2.24) is 24.3 Å². The fourth-order valence-electron chi connectivity index (χ4n) is 2.62. The number of halogens is 3. The number of benzene rings is 1. The molecule has 0 aliphatic rings. The monoisotopic (exact) mass is 430 g/mol. The van der Waals surface area contributed by atoms with Crippen molar-refractivity contribution in [2.75, 3.05) is 12.3 Å². The van der Waals surface area contributed by atoms with Crippen molar-refractivity contribution in [3.8, 4) is 11.3 Å². The molecule has 0 radical (unpaired) electrons. The molecule has 0 saturated carbocycles. The van der Waals surface area contributed by atoms with E-state index >= 15 is 0 Å². The molecule has 0 fully saturated rings. The van der Waals surface area contributed by atoms with Gasteiger partial charge in [-0.15, -0.1) is 5.10 Å². The summed E-state index contributed by atoms with van der Waals surface area (Å²) in [5.74, 6) is -1.90. The highest BCUT2D eigenvalue weighted by Crippen LogP contribution is 2.31. The number of hydrogen-bond donors (Lipinski definition) is 3. The van der Waals surface area contributed by atoms with Crippen molar-refractivity contribution in [2.45, 2.75) is 31.0 Å². The van der Waals surface area contributed by atoms with Gasteiger partial charge in [0.15, 0.2) is 11.5 Å². The fraction of sp³-hybridized carbons (Fsp3) is 0.312. The van der Waals surface area contributed by atoms with Crippen LogP contribution in [0.4, 0.5) is 19.0 Å². The van der Waals surface area contributed by atoms with Crippen molar-refractivity contribution in [3.63, 3.8) is 0 Å². The number of nitrogens with zero attached hydrogens (tertiary/aromatic N) is 4. The Morgan fingerprint density at radius 2 is 2.03 bits per heavy atom. The maximum atomic E-state index is 13.1. The molecular formula is C16H17F3N6O3S. The van der Waals surface area contributed by atoms with Crippen LogP contribution in [0.1, 0.15) is 18.3 Å². The molecule has 156 valence electrons. The van der Waals surface area contributed by atoms with E-state index in [9.17, 15) is 21.6 Å². The number of aryl methyl sites for hydroxylation is 1. The Balaban J connectivity index is 2.19. The van der Waals surface area contributed by atoms with Gasteiger partial charge in [-0.3, -0.25) is 0 Å². The van der Waals surface area contributed by atoms with Gasteiger partial charge in [0, 0.05) is 11.6 Å². The first kappa shape index (κ1) is 21.0. The zero-order valence-electron chi connectivity index (χ0n) is 15.3. The van der Waals surface area contributed by atoms with Crippen LogP contribution in [0.25, 0.3) is 16.9 Å². The second kappa shape index (κ2) is 7.24. The van der Waals surface area contributed by atoms with Crippen molar-refractivity contribution in [2.24, 2.45) is 0 Å². The zero-order chi connectivity index (χ0) is 21.6. The van der Waals surface area contributed by atoms with Gasteiger partial charge in [0.2, 0.25) is 10.0 Å². The standard InChI is InChI=1S/C16H17F3N6O3S/c1-8-3-4-10(29(27,28)24-9(2)7-26)5-11(8)12-6-21-14-13(20)22-15(16(17,18)19)23-25(12)14/h3-6,9,24,26H,7H2,1-2H3,(H2,20,22,23). The summed E-state index contributed by atoms with van der Waals surface area (Å²) in [6.45, 7) is 2.74. The zero-order valence-corrected chi connectivity index (χ0v) is 16.1. The molecule has 2 heterocycles. The highest BCUT2D eigenvalue weighted by atomic mass is 32.2. The van der Waals surface area contributed by atoms with Gasteiger partial charge in [-0.2, -0.15) is 13.2 Å². The molecule has 0 saturated heterocycles. The van der Waals surface area contributed by atoms with Crippen molar-refractivity contribution in [1.29, 1.82) is 0 Å². The molecule has 0 aliphatic heterocycles. The summed E-state index contributed by atoms with van der Waals surface area (Å²) in [4.78, 5) is 7.06. The Morgan fingerprint density at radius 3 is 2.66 bits per heavy atom. The Bertz CT molecular complexity index is 1180. The van der Waals surface area contributed by atoms with Crippen LogP contribution in [0.15, 0.2) is 29.3 Å². The minimum absolute atomic E-state index is 0.0901. The van der Waals surface area contributed by atoms with Gasteiger partial charge >= 0.3 is 6.18 Å². The van der Waals surface area contributed by atoms with Crippen LogP contribution in [0, 0.1) is 6.92 Å². The average molecular weight is 430 g/mol. The Morgan fingerprint density at radius 1 is 1.34 bits per heavy atom. The molecule has 3 aromatic rings. The number of imidazole rings is 1. The summed E-state index contributed by atoms with van der Waals surface area (Å²) in [5, 5.41) is 12.6. The number of nitrogens with two attached hydrogens (primary N) is 1. The molecule has 9 nitrogen and oxygen atoms in total. The highest BCUT2D eigenvalue weighted by Gasteiger charge is 2.36. The lowest BCUT2D eigenvalue weighted by Gasteiger charge is -2.14. The third-order valence-corrected chi connectivity index (χ3v) is 5.65. The van der Waals surface area contributed by atoms with Crippen LogP contribution in [0.5, 0.6) is 0 Å². The Labute approximate surface area is 163 Å². The number of sulfonamides is 1. The van der Waals surface area contributed by atoms with Crippen LogP contribution in [-0.4, -0.2) is 45.8 Å². The second-order valence-corrected chi connectivity index (χ2v) is 8.09. The Kier molecular flexibility index (Phi) is 5.23. The van der Waals surface area contributed by atoms with E-state index in [0.717, 1.165) is 4.52 Å². The lowest BCUT2D eigenvalue weighted by molar-refractivity contribution is -0.145. The number of aromatic nitrogens is 4. The third-order valence-electron chi connectivity index (χ3n) is 4.07. The van der Waals surface area contributed by atoms with E-state index < -0.39 is 40.5 Å². The summed E-state index contributed by atoms with van der Waals surface area (Å²) >= 11 is 0. The fourth-order valence-corrected chi connectivity index (χ4v) is 3.88. The number of hydrogen-bond acceptors (Lipinski definition) is 7. The SMILES string of the molecule is Cc1ccc(S(=O)(=O)NC(C)CO)cc1-c1cnc2c(N)nc(C(F)(F)F)nn12. The smallest absolute Gasteiger partial charge is 0.395 e. The molecule has 0 amide bonds. The Hall–Kier alpha value is -2.77. The molecule has 4 N–H and O–H groups in total. The van der Waals surface area contributed by atoms with Crippen LogP contribution in [0.2, 0.25) is 0 Å². The predicted octanol–water partition coefficient (Wildman–Crippen LogP) is 1.36. The molecule has 3 rings (SSSR count). The summed E-state index contributed by atoms with van der Waals surface area (Å²) in [7, 11) is -3.97. The number of aliphatic hydroxyl groups is 1. The van der Waals surface area contributed by atoms with Gasteiger partial charge < -0.3 is 10.8 Å². The van der Waals surface area contributed by atoms with Crippen molar-refractivity contribution >= 4 is 21.5 Å². The van der Waals surface area contributed by atoms with Crippen LogP contribution in [-0.2, 0) is 16.2 Å². The molecule has 2 aromatic heterocycles. The maximum Gasteiger partial charge on any atom is 0.453 e. The summed E-state index contributed by atoms with van der Waals surface area (Å²) in [5.41, 5.74) is 6.48. The normalized spacial score (nSPS) is 13.7. The van der Waals surface area contributed by atoms with Gasteiger partial charge in [-0.05, 0) is 31.5 Å². The van der Waals surface area contributed by atoms with Crippen molar-refractivity contribution < 1.29 is 26.7 Å². The number of alkyl halides is 3. The molecule has 1 atom stereocenters. The topological polar surface area (TPSA) is 136 Å². The first-order valence-electron chi connectivity index (χ1n) is 8.26. The van der Waals surface area contributed by atoms with Crippen LogP contribution in [0.3, 0.4) is 0 Å². The van der Waals surface area contributed by atoms with E-state index in [-0.39, 0.29) is 16.2 Å². The minimum Gasteiger partial charge on any atom is -0.395 e. The van der Waals surface area contributed by atoms with Crippen molar-refractivity contribution in [3.05, 3.63) is 35.8 Å². The van der Waals surface area contributed by atoms with E-state index in [1.54, 1.807) is 6.92 Å². The highest BCUT2D eigenvalue weighted by molar-refractivity contribution is 7.89. The number of nitrogen functional groups attached to an aromatic ring is 1. The first-order valence-corrected chi connectivity index (χ1v) is 9.75. The summed E-state index contributed by atoms with van der Waals surface area (Å²) in [6.07, 6.45) is -3.59. The molecule has 29 heavy (non-hydrogen) atoms. The molecule has 13 heteroatoms. The van der Waals surface area contributed by atoms with Crippen LogP contribution >= 0.6 is 0 Å². The number of aliphatic hydroxyl groups excluding tert-OH is 1. The number of nitrogens with one attached hydrogen (secondary N) is 1. The molecule has 0 spiro atoms. The number of fused-ring (bicyclic) bond motifs is 1. The average Bonchev–Trinajstić information content (AvgIpc) is 3.05. The second-order valence-electron chi connectivity index (χ2n) is 6.38.